The number of hydrogen-bond donors (Lipinski definition) is 2. The van der Waals surface area contributed by atoms with Crippen LogP contribution in [0.3, 0.4) is 0 Å². The molecule has 0 amide bonds. The Balaban J connectivity index is 1.58. The Morgan fingerprint density at radius 1 is 1.37 bits per heavy atom. The van der Waals surface area contributed by atoms with Gasteiger partial charge in [-0.2, -0.15) is 5.10 Å². The van der Waals surface area contributed by atoms with Crippen LogP contribution in [0.2, 0.25) is 0 Å². The number of Topliss-reactive ketones (excluding diaryl/α,β-unsaturated/α-hetero) is 1. The lowest BCUT2D eigenvalue weighted by Gasteiger charge is -2.61. The number of hydrogen-bond acceptors (Lipinski definition) is 4. The second-order valence-corrected chi connectivity index (χ2v) is 11.2. The van der Waals surface area contributed by atoms with Gasteiger partial charge in [-0.05, 0) is 72.8 Å². The first-order valence-corrected chi connectivity index (χ1v) is 11.7. The second kappa shape index (κ2) is 6.29. The van der Waals surface area contributed by atoms with Gasteiger partial charge in [0.1, 0.15) is 5.60 Å². The van der Waals surface area contributed by atoms with Gasteiger partial charge in [-0.25, -0.2) is 0 Å². The highest BCUT2D eigenvalue weighted by Gasteiger charge is 2.68. The van der Waals surface area contributed by atoms with E-state index in [1.807, 2.05) is 24.9 Å². The fourth-order valence-electron chi connectivity index (χ4n) is 8.51. The van der Waals surface area contributed by atoms with Gasteiger partial charge in [0.25, 0.3) is 0 Å². The number of aromatic nitrogens is 2. The summed E-state index contributed by atoms with van der Waals surface area (Å²) in [4.78, 5) is 12.8. The molecule has 5 heteroatoms. The highest BCUT2D eigenvalue weighted by molar-refractivity contribution is 5.88. The zero-order chi connectivity index (χ0) is 21.6. The molecule has 1 heterocycles. The van der Waals surface area contributed by atoms with Crippen molar-refractivity contribution in [1.29, 1.82) is 0 Å². The van der Waals surface area contributed by atoms with Crippen molar-refractivity contribution >= 4 is 11.9 Å². The first kappa shape index (κ1) is 20.4. The highest BCUT2D eigenvalue weighted by Crippen LogP contribution is 2.68. The topological polar surface area (TPSA) is 75.3 Å². The molecule has 0 saturated heterocycles. The molecule has 30 heavy (non-hydrogen) atoms. The maximum atomic E-state index is 12.8. The van der Waals surface area contributed by atoms with Gasteiger partial charge in [-0.15, -0.1) is 0 Å². The molecule has 4 aliphatic carbocycles. The molecular formula is C25H36N2O3. The monoisotopic (exact) mass is 412 g/mol. The van der Waals surface area contributed by atoms with E-state index in [4.69, 9.17) is 0 Å². The highest BCUT2D eigenvalue weighted by atomic mass is 16.3. The van der Waals surface area contributed by atoms with Gasteiger partial charge in [-0.3, -0.25) is 9.48 Å². The minimum absolute atomic E-state index is 0.0496. The Morgan fingerprint density at radius 2 is 2.10 bits per heavy atom. The molecule has 0 spiro atoms. The molecule has 0 aromatic carbocycles. The molecule has 5 nitrogen and oxygen atoms in total. The average molecular weight is 413 g/mol. The van der Waals surface area contributed by atoms with Gasteiger partial charge in [0.2, 0.25) is 0 Å². The number of nitrogens with zero attached hydrogens (tertiary/aromatic N) is 2. The Bertz CT molecular complexity index is 935. The average Bonchev–Trinajstić information content (AvgIpc) is 3.16. The van der Waals surface area contributed by atoms with Gasteiger partial charge >= 0.3 is 0 Å². The van der Waals surface area contributed by atoms with Crippen LogP contribution in [-0.4, -0.2) is 37.5 Å². The van der Waals surface area contributed by atoms with Gasteiger partial charge in [0.15, 0.2) is 5.78 Å². The predicted molar refractivity (Wildman–Crippen MR) is 115 cm³/mol. The van der Waals surface area contributed by atoms with Crippen molar-refractivity contribution in [2.24, 2.45) is 41.5 Å². The molecule has 0 bridgehead atoms. The Labute approximate surface area is 179 Å². The standard InChI is InChI=1S/C25H36N2O3/c1-6-21(29)25(30)8-7-17-16-9-14(2)18-10-19-15(13-26-27(19)5)11-23(18,3)22(16)20(28)12-24(17,25)4/h10,13-14,16-17,20,22,28,30H,6-9,11-12H2,1-5H3/t14-,16-,17-,20-,22+,23-,24-,25-/m0/s1. The van der Waals surface area contributed by atoms with E-state index in [0.29, 0.717) is 31.1 Å². The first-order valence-electron chi connectivity index (χ1n) is 11.7. The Morgan fingerprint density at radius 3 is 2.80 bits per heavy atom. The minimum atomic E-state index is -1.29. The van der Waals surface area contributed by atoms with Gasteiger partial charge in [0.05, 0.1) is 18.0 Å². The quantitative estimate of drug-likeness (QED) is 0.779. The van der Waals surface area contributed by atoms with E-state index in [1.165, 1.54) is 16.8 Å². The summed E-state index contributed by atoms with van der Waals surface area (Å²) in [7, 11) is 2.00. The fraction of sp³-hybridized carbons (Fsp3) is 0.760. The van der Waals surface area contributed by atoms with Crippen molar-refractivity contribution in [2.75, 3.05) is 0 Å². The van der Waals surface area contributed by atoms with Crippen molar-refractivity contribution in [2.45, 2.75) is 77.9 Å². The van der Waals surface area contributed by atoms with E-state index in [-0.39, 0.29) is 23.0 Å². The van der Waals surface area contributed by atoms with Gasteiger partial charge in [-0.1, -0.05) is 33.3 Å². The summed E-state index contributed by atoms with van der Waals surface area (Å²) in [6.45, 7) is 8.58. The summed E-state index contributed by atoms with van der Waals surface area (Å²) in [5, 5.41) is 27.6. The van der Waals surface area contributed by atoms with Crippen molar-refractivity contribution < 1.29 is 15.0 Å². The number of rotatable bonds is 2. The van der Waals surface area contributed by atoms with E-state index < -0.39 is 17.1 Å². The van der Waals surface area contributed by atoms with Crippen LogP contribution in [0.1, 0.15) is 71.1 Å². The Hall–Kier alpha value is -1.46. The summed E-state index contributed by atoms with van der Waals surface area (Å²) < 4.78 is 1.96. The normalized spacial score (nSPS) is 47.0. The SMILES string of the molecule is CCC(=O)[C@@]1(O)CC[C@H]2[C@@H]3C[C@H](C)C4=Cc5c(cnn5C)C[C@]4(C)[C@H]3[C@@H](O)C[C@@]21C. The zero-order valence-electron chi connectivity index (χ0n) is 19.0. The van der Waals surface area contributed by atoms with Crippen LogP contribution in [-0.2, 0) is 18.3 Å². The molecular weight excluding hydrogens is 376 g/mol. The smallest absolute Gasteiger partial charge is 0.164 e. The molecule has 164 valence electrons. The lowest BCUT2D eigenvalue weighted by atomic mass is 9.44. The number of fused-ring (bicyclic) bond motifs is 6. The number of aryl methyl sites for hydroxylation is 1. The maximum absolute atomic E-state index is 12.8. The number of ketones is 1. The molecule has 1 aromatic rings. The lowest BCUT2D eigenvalue weighted by Crippen LogP contribution is -2.62. The molecule has 3 saturated carbocycles. The molecule has 0 aliphatic heterocycles. The molecule has 0 radical (unpaired) electrons. The summed E-state index contributed by atoms with van der Waals surface area (Å²) in [6.07, 6.45) is 8.02. The lowest BCUT2D eigenvalue weighted by molar-refractivity contribution is -0.181. The maximum Gasteiger partial charge on any atom is 0.164 e. The third-order valence-corrected chi connectivity index (χ3v) is 9.85. The number of carbonyl (C=O) groups excluding carboxylic acids is 1. The summed E-state index contributed by atoms with van der Waals surface area (Å²) in [5.41, 5.74) is 1.98. The van der Waals surface area contributed by atoms with Crippen molar-refractivity contribution in [1.82, 2.24) is 9.78 Å². The van der Waals surface area contributed by atoms with Gasteiger partial charge < -0.3 is 10.2 Å². The zero-order valence-corrected chi connectivity index (χ0v) is 19.0. The van der Waals surface area contributed by atoms with E-state index in [2.05, 4.69) is 31.9 Å². The molecule has 8 atom stereocenters. The van der Waals surface area contributed by atoms with Crippen molar-refractivity contribution in [3.8, 4) is 0 Å². The van der Waals surface area contributed by atoms with E-state index in [0.717, 1.165) is 19.3 Å². The van der Waals surface area contributed by atoms with Crippen molar-refractivity contribution in [3.63, 3.8) is 0 Å². The van der Waals surface area contributed by atoms with Gasteiger partial charge in [0, 0.05) is 18.9 Å². The molecule has 5 rings (SSSR count). The third-order valence-electron chi connectivity index (χ3n) is 9.85. The summed E-state index contributed by atoms with van der Waals surface area (Å²) in [5.74, 6) is 1.14. The fourth-order valence-corrected chi connectivity index (χ4v) is 8.51. The minimum Gasteiger partial charge on any atom is -0.393 e. The number of aliphatic hydroxyl groups is 2. The van der Waals surface area contributed by atoms with Crippen LogP contribution < -0.4 is 0 Å². The number of carbonyl (C=O) groups is 1. The van der Waals surface area contributed by atoms with E-state index in [9.17, 15) is 15.0 Å². The Kier molecular flexibility index (Phi) is 4.29. The molecule has 4 aliphatic rings. The van der Waals surface area contributed by atoms with Crippen LogP contribution in [0.15, 0.2) is 11.8 Å². The third kappa shape index (κ3) is 2.31. The molecule has 0 unspecified atom stereocenters. The van der Waals surface area contributed by atoms with Crippen LogP contribution in [0, 0.1) is 34.5 Å². The van der Waals surface area contributed by atoms with E-state index in [1.54, 1.807) is 0 Å². The van der Waals surface area contributed by atoms with Crippen molar-refractivity contribution in [3.05, 3.63) is 23.0 Å². The first-order chi connectivity index (χ1) is 14.1. The number of aliphatic hydroxyl groups excluding tert-OH is 1. The predicted octanol–water partition coefficient (Wildman–Crippen LogP) is 3.53. The largest absolute Gasteiger partial charge is 0.393 e. The summed E-state index contributed by atoms with van der Waals surface area (Å²) >= 11 is 0. The van der Waals surface area contributed by atoms with Crippen LogP contribution in [0.25, 0.3) is 6.08 Å². The molecule has 1 aromatic heterocycles. The second-order valence-electron chi connectivity index (χ2n) is 11.2. The van der Waals surface area contributed by atoms with E-state index >= 15 is 0 Å². The summed E-state index contributed by atoms with van der Waals surface area (Å²) in [6, 6.07) is 0. The van der Waals surface area contributed by atoms with Crippen LogP contribution in [0.5, 0.6) is 0 Å². The van der Waals surface area contributed by atoms with Crippen LogP contribution in [0.4, 0.5) is 0 Å². The molecule has 2 N–H and O–H groups in total. The number of allylic oxidation sites excluding steroid dienone is 1. The van der Waals surface area contributed by atoms with Crippen LogP contribution >= 0.6 is 0 Å². The molecule has 3 fully saturated rings.